The van der Waals surface area contributed by atoms with E-state index in [-0.39, 0.29) is 18.1 Å². The lowest BCUT2D eigenvalue weighted by Crippen LogP contribution is -2.41. The maximum absolute atomic E-state index is 11.9. The number of halogens is 1. The third kappa shape index (κ3) is 3.52. The second kappa shape index (κ2) is 6.59. The van der Waals surface area contributed by atoms with Crippen molar-refractivity contribution >= 4 is 17.5 Å². The lowest BCUT2D eigenvalue weighted by Gasteiger charge is -2.20. The Morgan fingerprint density at radius 3 is 2.90 bits per heavy atom. The lowest BCUT2D eigenvalue weighted by atomic mass is 10.1. The first-order chi connectivity index (χ1) is 9.49. The summed E-state index contributed by atoms with van der Waals surface area (Å²) in [5.74, 6) is 0.0247. The molecule has 20 heavy (non-hydrogen) atoms. The summed E-state index contributed by atoms with van der Waals surface area (Å²) in [5.41, 5.74) is 1.71. The molecule has 0 spiro atoms. The van der Waals surface area contributed by atoms with Crippen molar-refractivity contribution in [2.75, 3.05) is 6.61 Å². The molecule has 2 atom stereocenters. The van der Waals surface area contributed by atoms with Gasteiger partial charge in [0.15, 0.2) is 0 Å². The van der Waals surface area contributed by atoms with Gasteiger partial charge in [0.05, 0.1) is 35.1 Å². The van der Waals surface area contributed by atoms with Crippen LogP contribution in [-0.2, 0) is 16.1 Å². The van der Waals surface area contributed by atoms with Gasteiger partial charge in [0, 0.05) is 13.0 Å². The van der Waals surface area contributed by atoms with Gasteiger partial charge in [-0.15, -0.1) is 0 Å². The van der Waals surface area contributed by atoms with Gasteiger partial charge in [-0.05, 0) is 33.6 Å². The van der Waals surface area contributed by atoms with Gasteiger partial charge in [-0.25, -0.2) is 0 Å². The first-order valence-corrected chi connectivity index (χ1v) is 7.47. The van der Waals surface area contributed by atoms with Crippen LogP contribution < -0.4 is 5.32 Å². The first-order valence-electron chi connectivity index (χ1n) is 7.09. The van der Waals surface area contributed by atoms with Gasteiger partial charge in [0.2, 0.25) is 5.91 Å². The molecule has 6 heteroatoms. The smallest absolute Gasteiger partial charge is 0.222 e. The Morgan fingerprint density at radius 2 is 2.35 bits per heavy atom. The summed E-state index contributed by atoms with van der Waals surface area (Å²) in [5, 5.41) is 7.99. The largest absolute Gasteiger partial charge is 0.376 e. The predicted octanol–water partition coefficient (Wildman–Crippen LogP) is 2.23. The normalized spacial score (nSPS) is 20.1. The quantitative estimate of drug-likeness (QED) is 0.907. The molecule has 5 nitrogen and oxygen atoms in total. The summed E-state index contributed by atoms with van der Waals surface area (Å²) in [6.07, 6.45) is 2.65. The average molecular weight is 300 g/mol. The predicted molar refractivity (Wildman–Crippen MR) is 77.9 cm³/mol. The van der Waals surface area contributed by atoms with Crippen LogP contribution in [0.25, 0.3) is 0 Å². The van der Waals surface area contributed by atoms with E-state index in [1.807, 2.05) is 20.8 Å². The van der Waals surface area contributed by atoms with Crippen molar-refractivity contribution in [2.24, 2.45) is 0 Å². The molecular formula is C14H22ClN3O2. The summed E-state index contributed by atoms with van der Waals surface area (Å²) in [6, 6.07) is 0.0639. The van der Waals surface area contributed by atoms with Crippen molar-refractivity contribution in [2.45, 2.75) is 58.7 Å². The van der Waals surface area contributed by atoms with Gasteiger partial charge < -0.3 is 10.1 Å². The fourth-order valence-corrected chi connectivity index (χ4v) is 2.65. The molecular weight excluding hydrogens is 278 g/mol. The van der Waals surface area contributed by atoms with Crippen LogP contribution in [0.1, 0.15) is 37.6 Å². The Kier molecular flexibility index (Phi) is 5.05. The second-order valence-electron chi connectivity index (χ2n) is 5.37. The van der Waals surface area contributed by atoms with Crippen LogP contribution in [0.4, 0.5) is 0 Å². The molecule has 0 unspecified atom stereocenters. The van der Waals surface area contributed by atoms with Crippen LogP contribution in [-0.4, -0.2) is 34.4 Å². The number of rotatable bonds is 5. The summed E-state index contributed by atoms with van der Waals surface area (Å²) in [7, 11) is 0. The number of nitrogens with zero attached hydrogens (tertiary/aromatic N) is 2. The molecule has 112 valence electrons. The van der Waals surface area contributed by atoms with Gasteiger partial charge in [0.25, 0.3) is 0 Å². The summed E-state index contributed by atoms with van der Waals surface area (Å²) < 4.78 is 7.35. The van der Waals surface area contributed by atoms with Gasteiger partial charge >= 0.3 is 0 Å². The molecule has 1 saturated heterocycles. The van der Waals surface area contributed by atoms with Crippen LogP contribution >= 0.6 is 11.6 Å². The minimum atomic E-state index is 0.0247. The highest BCUT2D eigenvalue weighted by atomic mass is 35.5. The zero-order chi connectivity index (χ0) is 14.7. The molecule has 2 rings (SSSR count). The zero-order valence-electron chi connectivity index (χ0n) is 12.3. The number of nitrogens with one attached hydrogen (secondary N) is 1. The SMILES string of the molecule is Cc1nn(CCC(=O)N[C@@H](C)[C@@H]2CCCO2)c(C)c1Cl. The number of aryl methyl sites for hydroxylation is 2. The maximum Gasteiger partial charge on any atom is 0.222 e. The molecule has 0 aromatic carbocycles. The standard InChI is InChI=1S/C14H22ClN3O2/c1-9(12-5-4-8-20-12)16-13(19)6-7-18-11(3)14(15)10(2)17-18/h9,12H,4-8H2,1-3H3,(H,16,19)/t9-,12-/m0/s1. The lowest BCUT2D eigenvalue weighted by molar-refractivity contribution is -0.122. The minimum Gasteiger partial charge on any atom is -0.376 e. The van der Waals surface area contributed by atoms with E-state index in [9.17, 15) is 4.79 Å². The van der Waals surface area contributed by atoms with Crippen LogP contribution in [0.3, 0.4) is 0 Å². The third-order valence-electron chi connectivity index (χ3n) is 3.76. The second-order valence-corrected chi connectivity index (χ2v) is 5.74. The van der Waals surface area contributed by atoms with Crippen molar-refractivity contribution in [3.63, 3.8) is 0 Å². The molecule has 1 amide bonds. The zero-order valence-corrected chi connectivity index (χ0v) is 13.0. The average Bonchev–Trinajstić information content (AvgIpc) is 3.02. The Hall–Kier alpha value is -1.07. The van der Waals surface area contributed by atoms with Crippen LogP contribution in [0.5, 0.6) is 0 Å². The van der Waals surface area contributed by atoms with E-state index in [1.54, 1.807) is 4.68 Å². The summed E-state index contributed by atoms with van der Waals surface area (Å²) in [4.78, 5) is 11.9. The van der Waals surface area contributed by atoms with E-state index >= 15 is 0 Å². The van der Waals surface area contributed by atoms with Crippen LogP contribution in [0.2, 0.25) is 5.02 Å². The number of hydrogen-bond acceptors (Lipinski definition) is 3. The Bertz CT molecular complexity index is 481. The molecule has 1 aliphatic heterocycles. The molecule has 1 fully saturated rings. The molecule has 1 aromatic heterocycles. The monoisotopic (exact) mass is 299 g/mol. The number of hydrogen-bond donors (Lipinski definition) is 1. The molecule has 1 aliphatic rings. The minimum absolute atomic E-state index is 0.0247. The molecule has 0 aliphatic carbocycles. The number of aromatic nitrogens is 2. The summed E-state index contributed by atoms with van der Waals surface area (Å²) in [6.45, 7) is 7.12. The number of ether oxygens (including phenoxy) is 1. The highest BCUT2D eigenvalue weighted by Crippen LogP contribution is 2.19. The fraction of sp³-hybridized carbons (Fsp3) is 0.714. The van der Waals surface area contributed by atoms with Crippen molar-refractivity contribution < 1.29 is 9.53 Å². The fourth-order valence-electron chi connectivity index (χ4n) is 2.52. The molecule has 0 radical (unpaired) electrons. The van der Waals surface area contributed by atoms with Crippen molar-refractivity contribution in [1.29, 1.82) is 0 Å². The van der Waals surface area contributed by atoms with E-state index in [0.29, 0.717) is 18.0 Å². The molecule has 0 saturated carbocycles. The Morgan fingerprint density at radius 1 is 1.60 bits per heavy atom. The van der Waals surface area contributed by atoms with E-state index in [4.69, 9.17) is 16.3 Å². The Balaban J connectivity index is 1.81. The molecule has 1 N–H and O–H groups in total. The first kappa shape index (κ1) is 15.3. The van der Waals surface area contributed by atoms with Crippen molar-refractivity contribution in [1.82, 2.24) is 15.1 Å². The number of carbonyl (C=O) groups excluding carboxylic acids is 1. The number of amides is 1. The third-order valence-corrected chi connectivity index (χ3v) is 4.30. The summed E-state index contributed by atoms with van der Waals surface area (Å²) >= 11 is 6.08. The van der Waals surface area contributed by atoms with E-state index < -0.39 is 0 Å². The van der Waals surface area contributed by atoms with E-state index in [1.165, 1.54) is 0 Å². The van der Waals surface area contributed by atoms with E-state index in [0.717, 1.165) is 30.8 Å². The van der Waals surface area contributed by atoms with Crippen molar-refractivity contribution in [3.8, 4) is 0 Å². The molecule has 2 heterocycles. The van der Waals surface area contributed by atoms with Gasteiger partial charge in [0.1, 0.15) is 0 Å². The van der Waals surface area contributed by atoms with Crippen LogP contribution in [0.15, 0.2) is 0 Å². The van der Waals surface area contributed by atoms with Gasteiger partial charge in [-0.2, -0.15) is 5.10 Å². The highest BCUT2D eigenvalue weighted by molar-refractivity contribution is 6.31. The van der Waals surface area contributed by atoms with Crippen LogP contribution in [0, 0.1) is 13.8 Å². The number of carbonyl (C=O) groups is 1. The maximum atomic E-state index is 11.9. The van der Waals surface area contributed by atoms with Gasteiger partial charge in [-0.3, -0.25) is 9.48 Å². The van der Waals surface area contributed by atoms with E-state index in [2.05, 4.69) is 10.4 Å². The Labute approximate surface area is 124 Å². The molecule has 0 bridgehead atoms. The highest BCUT2D eigenvalue weighted by Gasteiger charge is 2.23. The topological polar surface area (TPSA) is 56.2 Å². The van der Waals surface area contributed by atoms with Gasteiger partial charge in [-0.1, -0.05) is 11.6 Å². The van der Waals surface area contributed by atoms with Crippen molar-refractivity contribution in [3.05, 3.63) is 16.4 Å². The molecule has 1 aromatic rings.